The molecule has 3 aliphatic rings. The molecule has 3 aliphatic heterocycles. The molecule has 0 amide bonds. The van der Waals surface area contributed by atoms with Crippen LogP contribution in [0.1, 0.15) is 0 Å². The van der Waals surface area contributed by atoms with Crippen molar-refractivity contribution in [3.63, 3.8) is 0 Å². The lowest BCUT2D eigenvalue weighted by molar-refractivity contribution is -1.03. The van der Waals surface area contributed by atoms with E-state index in [2.05, 4.69) is 9.80 Å². The molecule has 2 N–H and O–H groups in total. The molecule has 3 heterocycles. The summed E-state index contributed by atoms with van der Waals surface area (Å²) in [7, 11) is 0. The van der Waals surface area contributed by atoms with Crippen LogP contribution < -0.4 is 24.8 Å². The van der Waals surface area contributed by atoms with E-state index in [-0.39, 0.29) is 24.8 Å². The predicted molar refractivity (Wildman–Crippen MR) is 106 cm³/mol. The average molecular weight is 482 g/mol. The van der Waals surface area contributed by atoms with Gasteiger partial charge in [0.15, 0.2) is 0 Å². The number of halogens is 4. The first-order valence-electron chi connectivity index (χ1n) is 10.1. The molecule has 3 rings (SSSR count). The first-order chi connectivity index (χ1) is 12.5. The van der Waals surface area contributed by atoms with Gasteiger partial charge in [-0.15, -0.1) is 23.2 Å². The molecule has 10 heteroatoms. The van der Waals surface area contributed by atoms with Crippen molar-refractivity contribution in [2.24, 2.45) is 0 Å². The fourth-order valence-corrected chi connectivity index (χ4v) is 5.08. The standard InChI is InChI=1S/C18H36Cl2N4O2.2ClH/c19-13-17(25)15-21-1-5-23(6-2-21)9-11-24(12-10-23)7-3-22(4-8-24)16-18(26)14-20;;/h17-18,25-26H,1-16H2;2*1H/q+2;;/p-2. The average Bonchev–Trinajstić information content (AvgIpc) is 2.68. The maximum Gasteiger partial charge on any atom is 0.129 e. The molecule has 0 aromatic heterocycles. The lowest BCUT2D eigenvalue weighted by Crippen LogP contribution is -3.00. The zero-order valence-electron chi connectivity index (χ0n) is 16.7. The maximum atomic E-state index is 9.76. The van der Waals surface area contributed by atoms with Gasteiger partial charge in [0.1, 0.15) is 26.2 Å². The van der Waals surface area contributed by atoms with E-state index in [4.69, 9.17) is 23.2 Å². The number of aliphatic hydroxyl groups is 2. The minimum atomic E-state index is -0.396. The van der Waals surface area contributed by atoms with E-state index in [1.54, 1.807) is 0 Å². The molecule has 3 fully saturated rings. The van der Waals surface area contributed by atoms with Gasteiger partial charge in [0.05, 0.1) is 38.4 Å². The molecule has 2 unspecified atom stereocenters. The van der Waals surface area contributed by atoms with Crippen LogP contribution in [0.4, 0.5) is 0 Å². The number of hydrogen-bond donors (Lipinski definition) is 2. The van der Waals surface area contributed by atoms with Gasteiger partial charge in [0.25, 0.3) is 0 Å². The third kappa shape index (κ3) is 6.98. The molecule has 2 spiro atoms. The van der Waals surface area contributed by atoms with Crippen molar-refractivity contribution in [2.45, 2.75) is 12.2 Å². The smallest absolute Gasteiger partial charge is 0.129 e. The van der Waals surface area contributed by atoms with Crippen LogP contribution in [0.25, 0.3) is 0 Å². The summed E-state index contributed by atoms with van der Waals surface area (Å²) in [4.78, 5) is 4.74. The van der Waals surface area contributed by atoms with Crippen LogP contribution in [-0.2, 0) is 0 Å². The van der Waals surface area contributed by atoms with Gasteiger partial charge in [-0.05, 0) is 0 Å². The Bertz CT molecular complexity index is 395. The number of nitrogens with zero attached hydrogens (tertiary/aromatic N) is 4. The van der Waals surface area contributed by atoms with Gasteiger partial charge < -0.3 is 44.0 Å². The van der Waals surface area contributed by atoms with Gasteiger partial charge in [-0.1, -0.05) is 0 Å². The Morgan fingerprint density at radius 1 is 0.607 bits per heavy atom. The monoisotopic (exact) mass is 480 g/mol. The summed E-state index contributed by atoms with van der Waals surface area (Å²) in [5, 5.41) is 19.5. The van der Waals surface area contributed by atoms with Gasteiger partial charge in [0.2, 0.25) is 0 Å². The van der Waals surface area contributed by atoms with Crippen LogP contribution in [0.2, 0.25) is 0 Å². The van der Waals surface area contributed by atoms with Crippen LogP contribution in [0.15, 0.2) is 0 Å². The number of piperazine rings is 3. The van der Waals surface area contributed by atoms with Crippen LogP contribution in [0, 0.1) is 0 Å². The van der Waals surface area contributed by atoms with E-state index in [1.807, 2.05) is 0 Å². The molecular formula is C18H36Cl4N4O2. The Balaban J connectivity index is 0.00000196. The van der Waals surface area contributed by atoms with Crippen molar-refractivity contribution < 1.29 is 44.0 Å². The predicted octanol–water partition coefficient (Wildman–Crippen LogP) is -6.53. The van der Waals surface area contributed by atoms with E-state index < -0.39 is 12.2 Å². The van der Waals surface area contributed by atoms with Crippen molar-refractivity contribution in [3.8, 4) is 0 Å². The van der Waals surface area contributed by atoms with Crippen LogP contribution >= 0.6 is 23.2 Å². The third-order valence-electron chi connectivity index (χ3n) is 6.95. The summed E-state index contributed by atoms with van der Waals surface area (Å²) in [5.74, 6) is 0.658. The van der Waals surface area contributed by atoms with Crippen molar-refractivity contribution in [1.82, 2.24) is 9.80 Å². The molecule has 0 aromatic carbocycles. The first-order valence-corrected chi connectivity index (χ1v) is 11.2. The van der Waals surface area contributed by atoms with Crippen LogP contribution in [0.3, 0.4) is 0 Å². The first kappa shape index (κ1) is 27.0. The summed E-state index contributed by atoms with van der Waals surface area (Å²) in [6.45, 7) is 15.8. The zero-order chi connectivity index (χ0) is 18.6. The number of rotatable bonds is 6. The summed E-state index contributed by atoms with van der Waals surface area (Å²) in [6.07, 6.45) is -0.793. The maximum absolute atomic E-state index is 9.76. The van der Waals surface area contributed by atoms with E-state index in [0.717, 1.165) is 26.2 Å². The number of quaternary nitrogens is 2. The molecule has 2 atom stereocenters. The number of β-amino-alcohol motifs (C(OH)–C–C–N with tert-alkyl or cyclic N) is 2. The van der Waals surface area contributed by atoms with Gasteiger partial charge in [0, 0.05) is 51.0 Å². The fraction of sp³-hybridized carbons (Fsp3) is 1.00. The molecule has 6 nitrogen and oxygen atoms in total. The normalized spacial score (nSPS) is 27.0. The quantitative estimate of drug-likeness (QED) is 0.292. The molecule has 0 aliphatic carbocycles. The molecule has 28 heavy (non-hydrogen) atoms. The lowest BCUT2D eigenvalue weighted by atomic mass is 10.1. The number of hydrogen-bond acceptors (Lipinski definition) is 4. The fourth-order valence-electron chi connectivity index (χ4n) is 4.89. The molecule has 168 valence electrons. The lowest BCUT2D eigenvalue weighted by Gasteiger charge is -2.54. The third-order valence-corrected chi connectivity index (χ3v) is 7.67. The Hall–Kier alpha value is 0.920. The second kappa shape index (κ2) is 12.1. The summed E-state index contributed by atoms with van der Waals surface area (Å²) in [6, 6.07) is 0. The largest absolute Gasteiger partial charge is 1.00 e. The Morgan fingerprint density at radius 3 is 1.14 bits per heavy atom. The number of aliphatic hydroxyl groups excluding tert-OH is 2. The van der Waals surface area contributed by atoms with Crippen molar-refractivity contribution in [3.05, 3.63) is 0 Å². The summed E-state index contributed by atoms with van der Waals surface area (Å²) >= 11 is 11.5. The minimum Gasteiger partial charge on any atom is -1.00 e. The van der Waals surface area contributed by atoms with Crippen molar-refractivity contribution in [2.75, 3.05) is 103 Å². The van der Waals surface area contributed by atoms with E-state index in [1.165, 1.54) is 61.3 Å². The Kier molecular flexibility index (Phi) is 11.6. The van der Waals surface area contributed by atoms with Crippen molar-refractivity contribution in [1.29, 1.82) is 0 Å². The molecule has 0 bridgehead atoms. The number of alkyl halides is 2. The van der Waals surface area contributed by atoms with E-state index in [9.17, 15) is 10.2 Å². The highest BCUT2D eigenvalue weighted by molar-refractivity contribution is 6.18. The second-order valence-electron chi connectivity index (χ2n) is 8.69. The summed E-state index contributed by atoms with van der Waals surface area (Å²) in [5.41, 5.74) is 0. The van der Waals surface area contributed by atoms with E-state index in [0.29, 0.717) is 24.8 Å². The Labute approximate surface area is 192 Å². The highest BCUT2D eigenvalue weighted by Gasteiger charge is 2.45. The molecule has 0 aromatic rings. The zero-order valence-corrected chi connectivity index (χ0v) is 19.7. The topological polar surface area (TPSA) is 46.9 Å². The van der Waals surface area contributed by atoms with Crippen molar-refractivity contribution >= 4 is 23.2 Å². The van der Waals surface area contributed by atoms with Gasteiger partial charge in [-0.3, -0.25) is 9.80 Å². The van der Waals surface area contributed by atoms with Gasteiger partial charge in [-0.25, -0.2) is 0 Å². The molecule has 0 saturated carbocycles. The second-order valence-corrected chi connectivity index (χ2v) is 9.31. The van der Waals surface area contributed by atoms with Crippen LogP contribution in [0.5, 0.6) is 0 Å². The van der Waals surface area contributed by atoms with Gasteiger partial charge >= 0.3 is 0 Å². The van der Waals surface area contributed by atoms with E-state index >= 15 is 0 Å². The highest BCUT2D eigenvalue weighted by atomic mass is 35.5. The molecule has 0 radical (unpaired) electrons. The minimum absolute atomic E-state index is 0. The molecule has 3 saturated heterocycles. The Morgan fingerprint density at radius 2 is 0.893 bits per heavy atom. The SMILES string of the molecule is OC(CCl)CN1CC[N+]2(CC1)CC[N+]1(CCN(CC(O)CCl)CC1)CC2.[Cl-].[Cl-]. The summed E-state index contributed by atoms with van der Waals surface area (Å²) < 4.78 is 2.53. The highest BCUT2D eigenvalue weighted by Crippen LogP contribution is 2.24. The van der Waals surface area contributed by atoms with Crippen LogP contribution in [-0.4, -0.2) is 145 Å². The molecular weight excluding hydrogens is 446 g/mol. The van der Waals surface area contributed by atoms with Gasteiger partial charge in [-0.2, -0.15) is 0 Å².